The van der Waals surface area contributed by atoms with E-state index >= 15 is 0 Å². The molecule has 1 aromatic carbocycles. The van der Waals surface area contributed by atoms with Crippen molar-refractivity contribution >= 4 is 5.91 Å². The van der Waals surface area contributed by atoms with Crippen LogP contribution in [0.15, 0.2) is 30.3 Å². The minimum atomic E-state index is 0.208. The molecule has 0 atom stereocenters. The molecule has 4 heteroatoms. The number of nitrogens with zero attached hydrogens (tertiary/aromatic N) is 2. The van der Waals surface area contributed by atoms with Gasteiger partial charge in [-0.3, -0.25) is 4.79 Å². The standard InChI is InChI=1S/C17H29N3O/c1-19(2)17(21)11-7-12-18-13-8-14-20(3)15-16-9-5-4-6-10-16/h4-6,9-10,18H,7-8,11-15H2,1-3H3. The van der Waals surface area contributed by atoms with E-state index in [9.17, 15) is 4.79 Å². The molecule has 1 aromatic rings. The van der Waals surface area contributed by atoms with E-state index in [2.05, 4.69) is 47.6 Å². The van der Waals surface area contributed by atoms with Gasteiger partial charge in [-0.05, 0) is 45.1 Å². The van der Waals surface area contributed by atoms with Crippen LogP contribution in [-0.4, -0.2) is 56.5 Å². The van der Waals surface area contributed by atoms with Crippen LogP contribution in [0.2, 0.25) is 0 Å². The maximum atomic E-state index is 11.4. The minimum absolute atomic E-state index is 0.208. The van der Waals surface area contributed by atoms with E-state index in [4.69, 9.17) is 0 Å². The molecule has 0 aliphatic carbocycles. The highest BCUT2D eigenvalue weighted by Crippen LogP contribution is 2.02. The van der Waals surface area contributed by atoms with Crippen molar-refractivity contribution in [2.75, 3.05) is 40.8 Å². The Bertz CT molecular complexity index is 392. The first-order chi connectivity index (χ1) is 10.1. The number of amides is 1. The van der Waals surface area contributed by atoms with Gasteiger partial charge in [-0.2, -0.15) is 0 Å². The van der Waals surface area contributed by atoms with Crippen LogP contribution >= 0.6 is 0 Å². The fourth-order valence-corrected chi connectivity index (χ4v) is 2.16. The first-order valence-electron chi connectivity index (χ1n) is 7.73. The smallest absolute Gasteiger partial charge is 0.222 e. The summed E-state index contributed by atoms with van der Waals surface area (Å²) < 4.78 is 0. The molecule has 0 aliphatic rings. The molecule has 0 radical (unpaired) electrons. The number of hydrogen-bond acceptors (Lipinski definition) is 3. The highest BCUT2D eigenvalue weighted by Gasteiger charge is 2.02. The predicted octanol–water partition coefficient (Wildman–Crippen LogP) is 1.97. The second-order valence-electron chi connectivity index (χ2n) is 5.72. The molecule has 4 nitrogen and oxygen atoms in total. The lowest BCUT2D eigenvalue weighted by molar-refractivity contribution is -0.128. The summed E-state index contributed by atoms with van der Waals surface area (Å²) in [5, 5.41) is 3.40. The quantitative estimate of drug-likeness (QED) is 0.670. The molecular weight excluding hydrogens is 262 g/mol. The lowest BCUT2D eigenvalue weighted by Gasteiger charge is -2.16. The fourth-order valence-electron chi connectivity index (χ4n) is 2.16. The summed E-state index contributed by atoms with van der Waals surface area (Å²) in [7, 11) is 5.76. The molecule has 118 valence electrons. The van der Waals surface area contributed by atoms with Gasteiger partial charge in [-0.25, -0.2) is 0 Å². The zero-order chi connectivity index (χ0) is 15.5. The monoisotopic (exact) mass is 291 g/mol. The Balaban J connectivity index is 1.98. The molecule has 0 saturated carbocycles. The third kappa shape index (κ3) is 8.48. The summed E-state index contributed by atoms with van der Waals surface area (Å²) in [6.45, 7) is 4.01. The van der Waals surface area contributed by atoms with Crippen molar-refractivity contribution in [3.05, 3.63) is 35.9 Å². The van der Waals surface area contributed by atoms with E-state index in [-0.39, 0.29) is 5.91 Å². The topological polar surface area (TPSA) is 35.6 Å². The minimum Gasteiger partial charge on any atom is -0.349 e. The van der Waals surface area contributed by atoms with Crippen LogP contribution in [0.1, 0.15) is 24.8 Å². The first kappa shape index (κ1) is 17.7. The summed E-state index contributed by atoms with van der Waals surface area (Å²) in [5.41, 5.74) is 1.36. The molecule has 21 heavy (non-hydrogen) atoms. The SMILES string of the molecule is CN(CCCNCCCC(=O)N(C)C)Cc1ccccc1. The highest BCUT2D eigenvalue weighted by atomic mass is 16.2. The summed E-state index contributed by atoms with van der Waals surface area (Å²) in [6, 6.07) is 10.5. The van der Waals surface area contributed by atoms with Crippen LogP contribution < -0.4 is 5.32 Å². The van der Waals surface area contributed by atoms with Crippen molar-refractivity contribution in [2.24, 2.45) is 0 Å². The van der Waals surface area contributed by atoms with Crippen LogP contribution in [0.4, 0.5) is 0 Å². The average molecular weight is 291 g/mol. The predicted molar refractivity (Wildman–Crippen MR) is 88.2 cm³/mol. The van der Waals surface area contributed by atoms with Gasteiger partial charge in [0.1, 0.15) is 0 Å². The van der Waals surface area contributed by atoms with Gasteiger partial charge in [0.2, 0.25) is 5.91 Å². The third-order valence-corrected chi connectivity index (χ3v) is 3.43. The van der Waals surface area contributed by atoms with Gasteiger partial charge in [-0.1, -0.05) is 30.3 Å². The maximum Gasteiger partial charge on any atom is 0.222 e. The third-order valence-electron chi connectivity index (χ3n) is 3.43. The molecule has 0 unspecified atom stereocenters. The maximum absolute atomic E-state index is 11.4. The van der Waals surface area contributed by atoms with Crippen molar-refractivity contribution in [3.8, 4) is 0 Å². The Morgan fingerprint density at radius 2 is 1.71 bits per heavy atom. The second kappa shape index (κ2) is 10.4. The Hall–Kier alpha value is -1.39. The van der Waals surface area contributed by atoms with Crippen molar-refractivity contribution in [3.63, 3.8) is 0 Å². The molecular formula is C17H29N3O. The van der Waals surface area contributed by atoms with E-state index in [0.717, 1.165) is 39.0 Å². The van der Waals surface area contributed by atoms with Gasteiger partial charge >= 0.3 is 0 Å². The lowest BCUT2D eigenvalue weighted by atomic mass is 10.2. The van der Waals surface area contributed by atoms with E-state index in [1.54, 1.807) is 19.0 Å². The molecule has 0 heterocycles. The molecule has 0 saturated heterocycles. The van der Waals surface area contributed by atoms with E-state index in [1.165, 1.54) is 5.56 Å². The van der Waals surface area contributed by atoms with E-state index in [0.29, 0.717) is 6.42 Å². The molecule has 1 amide bonds. The molecule has 0 aromatic heterocycles. The normalized spacial score (nSPS) is 10.9. The Labute approximate surface area is 129 Å². The van der Waals surface area contributed by atoms with E-state index < -0.39 is 0 Å². The highest BCUT2D eigenvalue weighted by molar-refractivity contribution is 5.75. The van der Waals surface area contributed by atoms with Gasteiger partial charge < -0.3 is 15.1 Å². The van der Waals surface area contributed by atoms with Gasteiger partial charge in [0.15, 0.2) is 0 Å². The van der Waals surface area contributed by atoms with Crippen LogP contribution in [0.3, 0.4) is 0 Å². The molecule has 0 spiro atoms. The summed E-state index contributed by atoms with van der Waals surface area (Å²) in [4.78, 5) is 15.4. The average Bonchev–Trinajstić information content (AvgIpc) is 2.46. The zero-order valence-corrected chi connectivity index (χ0v) is 13.6. The number of hydrogen-bond donors (Lipinski definition) is 1. The number of nitrogens with one attached hydrogen (secondary N) is 1. The van der Waals surface area contributed by atoms with Crippen LogP contribution in [-0.2, 0) is 11.3 Å². The Morgan fingerprint density at radius 3 is 2.38 bits per heavy atom. The number of carbonyl (C=O) groups excluding carboxylic acids is 1. The summed E-state index contributed by atoms with van der Waals surface area (Å²) in [6.07, 6.45) is 2.68. The molecule has 0 fully saturated rings. The van der Waals surface area contributed by atoms with Crippen LogP contribution in [0, 0.1) is 0 Å². The van der Waals surface area contributed by atoms with Crippen molar-refractivity contribution in [2.45, 2.75) is 25.8 Å². The van der Waals surface area contributed by atoms with Crippen molar-refractivity contribution in [1.82, 2.24) is 15.1 Å². The van der Waals surface area contributed by atoms with Gasteiger partial charge in [0.25, 0.3) is 0 Å². The zero-order valence-electron chi connectivity index (χ0n) is 13.6. The van der Waals surface area contributed by atoms with Crippen molar-refractivity contribution < 1.29 is 4.79 Å². The van der Waals surface area contributed by atoms with Gasteiger partial charge in [-0.15, -0.1) is 0 Å². The fraction of sp³-hybridized carbons (Fsp3) is 0.588. The van der Waals surface area contributed by atoms with Gasteiger partial charge in [0, 0.05) is 27.1 Å². The molecule has 0 bridgehead atoms. The molecule has 1 rings (SSSR count). The number of rotatable bonds is 10. The van der Waals surface area contributed by atoms with E-state index in [1.807, 2.05) is 0 Å². The lowest BCUT2D eigenvalue weighted by Crippen LogP contribution is -2.26. The molecule has 0 aliphatic heterocycles. The first-order valence-corrected chi connectivity index (χ1v) is 7.73. The number of benzene rings is 1. The Morgan fingerprint density at radius 1 is 1.05 bits per heavy atom. The summed E-state index contributed by atoms with van der Waals surface area (Å²) >= 11 is 0. The van der Waals surface area contributed by atoms with Crippen LogP contribution in [0.5, 0.6) is 0 Å². The second-order valence-corrected chi connectivity index (χ2v) is 5.72. The van der Waals surface area contributed by atoms with Crippen LogP contribution in [0.25, 0.3) is 0 Å². The summed E-state index contributed by atoms with van der Waals surface area (Å²) in [5.74, 6) is 0.208. The molecule has 1 N–H and O–H groups in total. The van der Waals surface area contributed by atoms with Crippen molar-refractivity contribution in [1.29, 1.82) is 0 Å². The Kier molecular flexibility index (Phi) is 8.71. The van der Waals surface area contributed by atoms with Gasteiger partial charge in [0.05, 0.1) is 0 Å². The largest absolute Gasteiger partial charge is 0.349 e. The number of carbonyl (C=O) groups is 1.